The summed E-state index contributed by atoms with van der Waals surface area (Å²) in [5.74, 6) is -0.467. The summed E-state index contributed by atoms with van der Waals surface area (Å²) in [7, 11) is 0. The molecule has 0 radical (unpaired) electrons. The highest BCUT2D eigenvalue weighted by atomic mass is 32.1. The van der Waals surface area contributed by atoms with Crippen LogP contribution in [0.3, 0.4) is 0 Å². The monoisotopic (exact) mass is 531 g/mol. The van der Waals surface area contributed by atoms with Crippen molar-refractivity contribution in [3.8, 4) is 11.1 Å². The summed E-state index contributed by atoms with van der Waals surface area (Å²) in [5, 5.41) is 6.56. The van der Waals surface area contributed by atoms with Crippen molar-refractivity contribution in [2.75, 3.05) is 18.4 Å². The zero-order valence-corrected chi connectivity index (χ0v) is 23.1. The molecule has 1 saturated carbocycles. The molecule has 38 heavy (non-hydrogen) atoms. The van der Waals surface area contributed by atoms with Crippen LogP contribution in [0.5, 0.6) is 0 Å². The van der Waals surface area contributed by atoms with Crippen molar-refractivity contribution >= 4 is 45.0 Å². The maximum Gasteiger partial charge on any atom is 0.234 e. The normalized spacial score (nSPS) is 22.7. The van der Waals surface area contributed by atoms with Crippen molar-refractivity contribution in [1.82, 2.24) is 20.2 Å². The molecule has 2 unspecified atom stereocenters. The first-order valence-electron chi connectivity index (χ1n) is 13.5. The quantitative estimate of drug-likeness (QED) is 0.460. The molecule has 3 aromatic rings. The van der Waals surface area contributed by atoms with E-state index < -0.39 is 0 Å². The Bertz CT molecular complexity index is 1450. The molecule has 0 bridgehead atoms. The number of thiophene rings is 1. The van der Waals surface area contributed by atoms with E-state index in [9.17, 15) is 14.4 Å². The van der Waals surface area contributed by atoms with E-state index in [0.717, 1.165) is 69.2 Å². The maximum atomic E-state index is 13.3. The van der Waals surface area contributed by atoms with Gasteiger partial charge in [-0.25, -0.2) is 0 Å². The largest absolute Gasteiger partial charge is 0.324 e. The Morgan fingerprint density at radius 1 is 1.16 bits per heavy atom. The number of carbonyl (C=O) groups is 3. The average Bonchev–Trinajstić information content (AvgIpc) is 3.14. The fourth-order valence-electron chi connectivity index (χ4n) is 6.25. The minimum atomic E-state index is -0.218. The van der Waals surface area contributed by atoms with Gasteiger partial charge in [0.05, 0.1) is 40.0 Å². The molecular formula is C29H33N5O3S. The van der Waals surface area contributed by atoms with Crippen LogP contribution in [0.25, 0.3) is 21.3 Å². The number of carbonyl (C=O) groups excluding carboxylic acids is 3. The predicted molar refractivity (Wildman–Crippen MR) is 148 cm³/mol. The standard InChI is InChI=1S/C29H33N5O3S/c1-5-20-24(33-26(35)16-6-9-30-10-7-16)19(12-15(2)32-20)18-8-11-31-21-13-17(38-25(18)21)14-34-27(36)22-23(28(34)37)29(22,3)4/h8,11-13,16,22-23,30H,5-7,9-10,14H2,1-4H3,(H,33,35). The fourth-order valence-corrected chi connectivity index (χ4v) is 7.38. The Morgan fingerprint density at radius 3 is 2.55 bits per heavy atom. The van der Waals surface area contributed by atoms with Crippen molar-refractivity contribution < 1.29 is 14.4 Å². The van der Waals surface area contributed by atoms with Crippen LogP contribution < -0.4 is 10.6 Å². The predicted octanol–water partition coefficient (Wildman–Crippen LogP) is 4.31. The van der Waals surface area contributed by atoms with E-state index in [4.69, 9.17) is 4.98 Å². The number of piperidine rings is 2. The Morgan fingerprint density at radius 2 is 1.87 bits per heavy atom. The van der Waals surface area contributed by atoms with Crippen LogP contribution in [-0.2, 0) is 27.3 Å². The molecule has 8 nitrogen and oxygen atoms in total. The topological polar surface area (TPSA) is 104 Å². The third-order valence-electron chi connectivity index (χ3n) is 8.47. The number of hydrogen-bond donors (Lipinski definition) is 2. The number of pyridine rings is 2. The molecule has 2 atom stereocenters. The molecular weight excluding hydrogens is 498 g/mol. The van der Waals surface area contributed by atoms with Crippen LogP contribution in [0, 0.1) is 30.1 Å². The number of fused-ring (bicyclic) bond motifs is 2. The lowest BCUT2D eigenvalue weighted by molar-refractivity contribution is -0.143. The fraction of sp³-hybridized carbons (Fsp3) is 0.483. The first-order chi connectivity index (χ1) is 18.2. The van der Waals surface area contributed by atoms with Crippen LogP contribution in [0.15, 0.2) is 24.4 Å². The summed E-state index contributed by atoms with van der Waals surface area (Å²) in [6, 6.07) is 5.97. The van der Waals surface area contributed by atoms with E-state index >= 15 is 0 Å². The molecule has 3 aliphatic rings. The highest BCUT2D eigenvalue weighted by Gasteiger charge is 2.72. The van der Waals surface area contributed by atoms with Gasteiger partial charge >= 0.3 is 0 Å². The highest BCUT2D eigenvalue weighted by Crippen LogP contribution is 2.63. The summed E-state index contributed by atoms with van der Waals surface area (Å²) in [6.07, 6.45) is 4.11. The van der Waals surface area contributed by atoms with E-state index in [0.29, 0.717) is 6.42 Å². The van der Waals surface area contributed by atoms with Crippen molar-refractivity contribution in [3.63, 3.8) is 0 Å². The van der Waals surface area contributed by atoms with Gasteiger partial charge in [0, 0.05) is 33.8 Å². The second-order valence-corrected chi connectivity index (χ2v) is 12.5. The maximum absolute atomic E-state index is 13.3. The lowest BCUT2D eigenvalue weighted by Crippen LogP contribution is -2.35. The number of rotatable bonds is 6. The van der Waals surface area contributed by atoms with Crippen molar-refractivity contribution in [3.05, 3.63) is 40.7 Å². The van der Waals surface area contributed by atoms with E-state index in [1.807, 2.05) is 45.9 Å². The molecule has 2 saturated heterocycles. The number of aryl methyl sites for hydroxylation is 2. The van der Waals surface area contributed by atoms with Gasteiger partial charge in [0.1, 0.15) is 0 Å². The van der Waals surface area contributed by atoms with Gasteiger partial charge in [-0.15, -0.1) is 11.3 Å². The van der Waals surface area contributed by atoms with E-state index in [1.54, 1.807) is 17.5 Å². The van der Waals surface area contributed by atoms with Crippen LogP contribution in [0.4, 0.5) is 5.69 Å². The van der Waals surface area contributed by atoms with E-state index in [1.165, 1.54) is 4.90 Å². The summed E-state index contributed by atoms with van der Waals surface area (Å²) >= 11 is 1.55. The summed E-state index contributed by atoms with van der Waals surface area (Å²) < 4.78 is 0.970. The zero-order chi connectivity index (χ0) is 26.8. The Labute approximate surface area is 226 Å². The number of likely N-dealkylation sites (tertiary alicyclic amines) is 1. The molecule has 0 spiro atoms. The molecule has 198 valence electrons. The number of nitrogens with zero attached hydrogens (tertiary/aromatic N) is 3. The molecule has 1 aliphatic carbocycles. The molecule has 2 N–H and O–H groups in total. The van der Waals surface area contributed by atoms with Gasteiger partial charge in [-0.05, 0) is 62.9 Å². The molecule has 0 aromatic carbocycles. The lowest BCUT2D eigenvalue weighted by atomic mass is 9.96. The van der Waals surface area contributed by atoms with Gasteiger partial charge in [0.2, 0.25) is 17.7 Å². The molecule has 9 heteroatoms. The van der Waals surface area contributed by atoms with Crippen molar-refractivity contribution in [2.24, 2.45) is 23.2 Å². The smallest absolute Gasteiger partial charge is 0.234 e. The number of imide groups is 1. The Kier molecular flexibility index (Phi) is 6.11. The minimum absolute atomic E-state index is 0.0207. The van der Waals surface area contributed by atoms with Crippen molar-refractivity contribution in [1.29, 1.82) is 0 Å². The SMILES string of the molecule is CCc1nc(C)cc(-c2ccnc3cc(CN4C(=O)C5C(C4=O)C5(C)C)sc23)c1NC(=O)C1CCNCC1. The second kappa shape index (κ2) is 9.24. The third kappa shape index (κ3) is 4.03. The van der Waals surface area contributed by atoms with Crippen LogP contribution >= 0.6 is 11.3 Å². The van der Waals surface area contributed by atoms with Gasteiger partial charge in [-0.1, -0.05) is 20.8 Å². The van der Waals surface area contributed by atoms with Gasteiger partial charge in [0.25, 0.3) is 0 Å². The zero-order valence-electron chi connectivity index (χ0n) is 22.3. The summed E-state index contributed by atoms with van der Waals surface area (Å²) in [6.45, 7) is 9.98. The first-order valence-corrected chi connectivity index (χ1v) is 14.3. The van der Waals surface area contributed by atoms with Crippen LogP contribution in [0.1, 0.15) is 49.9 Å². The molecule has 3 fully saturated rings. The number of aromatic nitrogens is 2. The van der Waals surface area contributed by atoms with Crippen LogP contribution in [-0.4, -0.2) is 45.7 Å². The number of anilines is 1. The Balaban J connectivity index is 1.35. The lowest BCUT2D eigenvalue weighted by Gasteiger charge is -2.23. The van der Waals surface area contributed by atoms with Crippen molar-refractivity contribution in [2.45, 2.75) is 53.5 Å². The second-order valence-electron chi connectivity index (χ2n) is 11.3. The first kappa shape index (κ1) is 25.1. The van der Waals surface area contributed by atoms with Gasteiger partial charge in [-0.3, -0.25) is 29.3 Å². The molecule has 6 rings (SSSR count). The van der Waals surface area contributed by atoms with Gasteiger partial charge < -0.3 is 10.6 Å². The van der Waals surface area contributed by atoms with Gasteiger partial charge in [0.15, 0.2) is 0 Å². The summed E-state index contributed by atoms with van der Waals surface area (Å²) in [4.78, 5) is 50.8. The van der Waals surface area contributed by atoms with E-state index in [-0.39, 0.29) is 47.4 Å². The molecule has 3 amide bonds. The third-order valence-corrected chi connectivity index (χ3v) is 9.62. The van der Waals surface area contributed by atoms with E-state index in [2.05, 4.69) is 15.6 Å². The number of amides is 3. The molecule has 3 aromatic heterocycles. The number of hydrogen-bond acceptors (Lipinski definition) is 7. The summed E-state index contributed by atoms with van der Waals surface area (Å²) in [5.41, 5.74) is 4.99. The highest BCUT2D eigenvalue weighted by molar-refractivity contribution is 7.19. The Hall–Kier alpha value is -3.17. The number of nitrogens with one attached hydrogen (secondary N) is 2. The van der Waals surface area contributed by atoms with Crippen LogP contribution in [0.2, 0.25) is 0 Å². The minimum Gasteiger partial charge on any atom is -0.324 e. The van der Waals surface area contributed by atoms with Gasteiger partial charge in [-0.2, -0.15) is 0 Å². The molecule has 2 aliphatic heterocycles. The average molecular weight is 532 g/mol. The molecule has 5 heterocycles.